The van der Waals surface area contributed by atoms with E-state index in [2.05, 4.69) is 78.0 Å². The lowest BCUT2D eigenvalue weighted by molar-refractivity contribution is 0.0695. The van der Waals surface area contributed by atoms with Gasteiger partial charge in [-0.25, -0.2) is 0 Å². The van der Waals surface area contributed by atoms with E-state index in [4.69, 9.17) is 4.99 Å². The Hall–Kier alpha value is -2.35. The molecule has 1 aliphatic heterocycles. The first-order chi connectivity index (χ1) is 16.9. The molecule has 2 aromatic carbocycles. The molecule has 1 heterocycles. The third-order valence-corrected chi connectivity index (χ3v) is 8.59. The van der Waals surface area contributed by atoms with Crippen LogP contribution in [-0.4, -0.2) is 17.2 Å². The Bertz CT molecular complexity index is 931. The standard InChI is InChI=1S/C32H42N2/c1-3-11-19-28(20-12-4-1)32(29-21-13-8-14-22-29)26-33-31(27-17-9-7-10-18-27)25-34(32)30-23-15-5-2-6-16-24-30/h7-10,13-14,17-18,21-22,25-26,28,30H,1-6,11-12,15-16,19-20,23-24H2/t32-/m1/s1. The lowest BCUT2D eigenvalue weighted by atomic mass is 9.70. The van der Waals surface area contributed by atoms with E-state index in [0.717, 1.165) is 5.70 Å². The quantitative estimate of drug-likeness (QED) is 0.451. The van der Waals surface area contributed by atoms with Crippen molar-refractivity contribution in [2.75, 3.05) is 0 Å². The Morgan fingerprint density at radius 1 is 0.618 bits per heavy atom. The Morgan fingerprint density at radius 2 is 1.15 bits per heavy atom. The molecule has 1 atom stereocenters. The number of hydrogen-bond acceptors (Lipinski definition) is 2. The second kappa shape index (κ2) is 11.4. The Morgan fingerprint density at radius 3 is 1.76 bits per heavy atom. The van der Waals surface area contributed by atoms with E-state index in [0.29, 0.717) is 12.0 Å². The first-order valence-electron chi connectivity index (χ1n) is 14.0. The molecule has 0 radical (unpaired) electrons. The average Bonchev–Trinajstić information content (AvgIpc) is 2.85. The molecule has 2 nitrogen and oxygen atoms in total. The monoisotopic (exact) mass is 454 g/mol. The van der Waals surface area contributed by atoms with Crippen molar-refractivity contribution in [1.29, 1.82) is 0 Å². The zero-order valence-corrected chi connectivity index (χ0v) is 20.9. The van der Waals surface area contributed by atoms with Gasteiger partial charge in [0.05, 0.1) is 5.70 Å². The highest BCUT2D eigenvalue weighted by Gasteiger charge is 2.46. The molecular weight excluding hydrogens is 412 g/mol. The van der Waals surface area contributed by atoms with Gasteiger partial charge in [-0.3, -0.25) is 4.99 Å². The minimum atomic E-state index is -0.138. The van der Waals surface area contributed by atoms with E-state index >= 15 is 0 Å². The molecule has 2 heteroatoms. The van der Waals surface area contributed by atoms with Gasteiger partial charge >= 0.3 is 0 Å². The third-order valence-electron chi connectivity index (χ3n) is 8.59. The van der Waals surface area contributed by atoms with Gasteiger partial charge in [-0.2, -0.15) is 0 Å². The van der Waals surface area contributed by atoms with Crippen molar-refractivity contribution >= 4 is 11.9 Å². The molecule has 2 fully saturated rings. The first kappa shape index (κ1) is 23.4. The number of nitrogens with zero attached hydrogens (tertiary/aromatic N) is 2. The number of rotatable bonds is 4. The molecule has 0 saturated heterocycles. The predicted octanol–water partition coefficient (Wildman–Crippen LogP) is 8.74. The van der Waals surface area contributed by atoms with Crippen LogP contribution in [0.1, 0.15) is 101 Å². The molecule has 2 saturated carbocycles. The molecule has 0 aromatic heterocycles. The fourth-order valence-corrected chi connectivity index (χ4v) is 6.76. The second-order valence-corrected chi connectivity index (χ2v) is 10.8. The molecule has 34 heavy (non-hydrogen) atoms. The summed E-state index contributed by atoms with van der Waals surface area (Å²) in [6, 6.07) is 22.8. The Balaban J connectivity index is 1.62. The molecule has 0 N–H and O–H groups in total. The van der Waals surface area contributed by atoms with Crippen LogP contribution in [-0.2, 0) is 5.54 Å². The van der Waals surface area contributed by atoms with E-state index in [1.165, 1.54) is 101 Å². The van der Waals surface area contributed by atoms with Crippen molar-refractivity contribution in [1.82, 2.24) is 4.90 Å². The van der Waals surface area contributed by atoms with Crippen LogP contribution in [0.3, 0.4) is 0 Å². The van der Waals surface area contributed by atoms with Crippen LogP contribution in [0.5, 0.6) is 0 Å². The number of hydrogen-bond donors (Lipinski definition) is 0. The van der Waals surface area contributed by atoms with E-state index in [-0.39, 0.29) is 5.54 Å². The Kier molecular flexibility index (Phi) is 7.83. The normalized spacial score (nSPS) is 25.6. The lowest BCUT2D eigenvalue weighted by Crippen LogP contribution is -2.55. The molecule has 0 unspecified atom stereocenters. The molecular formula is C32H42N2. The van der Waals surface area contributed by atoms with Crippen molar-refractivity contribution in [3.8, 4) is 0 Å². The highest BCUT2D eigenvalue weighted by Crippen LogP contribution is 2.47. The van der Waals surface area contributed by atoms with E-state index in [1.54, 1.807) is 0 Å². The molecule has 2 aliphatic carbocycles. The van der Waals surface area contributed by atoms with Crippen molar-refractivity contribution in [3.63, 3.8) is 0 Å². The van der Waals surface area contributed by atoms with Gasteiger partial charge in [-0.05, 0) is 37.2 Å². The number of aliphatic imine (C=N–C) groups is 1. The van der Waals surface area contributed by atoms with Gasteiger partial charge < -0.3 is 4.90 Å². The maximum absolute atomic E-state index is 5.24. The topological polar surface area (TPSA) is 15.6 Å². The molecule has 3 aliphatic rings. The highest BCUT2D eigenvalue weighted by molar-refractivity contribution is 5.84. The predicted molar refractivity (Wildman–Crippen MR) is 145 cm³/mol. The van der Waals surface area contributed by atoms with Crippen molar-refractivity contribution < 1.29 is 0 Å². The summed E-state index contributed by atoms with van der Waals surface area (Å²) in [6.07, 6.45) is 23.8. The van der Waals surface area contributed by atoms with Gasteiger partial charge in [0.15, 0.2) is 0 Å². The van der Waals surface area contributed by atoms with Crippen LogP contribution in [0, 0.1) is 5.92 Å². The molecule has 0 bridgehead atoms. The van der Waals surface area contributed by atoms with Gasteiger partial charge in [0.1, 0.15) is 5.54 Å². The van der Waals surface area contributed by atoms with Crippen molar-refractivity contribution in [2.45, 2.75) is 101 Å². The third kappa shape index (κ3) is 5.02. The highest BCUT2D eigenvalue weighted by atomic mass is 15.2. The van der Waals surface area contributed by atoms with Gasteiger partial charge in [-0.1, -0.05) is 125 Å². The summed E-state index contributed by atoms with van der Waals surface area (Å²) in [6.45, 7) is 0. The summed E-state index contributed by atoms with van der Waals surface area (Å²) in [7, 11) is 0. The zero-order chi connectivity index (χ0) is 23.1. The van der Waals surface area contributed by atoms with E-state index in [9.17, 15) is 0 Å². The fourth-order valence-electron chi connectivity index (χ4n) is 6.76. The van der Waals surface area contributed by atoms with Gasteiger partial charge in [0, 0.05) is 24.0 Å². The summed E-state index contributed by atoms with van der Waals surface area (Å²) in [5.41, 5.74) is 3.66. The van der Waals surface area contributed by atoms with Crippen molar-refractivity contribution in [3.05, 3.63) is 78.0 Å². The van der Waals surface area contributed by atoms with Crippen molar-refractivity contribution in [2.24, 2.45) is 10.9 Å². The van der Waals surface area contributed by atoms with Crippen LogP contribution >= 0.6 is 0 Å². The minimum absolute atomic E-state index is 0.138. The molecule has 0 spiro atoms. The molecule has 5 rings (SSSR count). The number of benzene rings is 2. The molecule has 2 aromatic rings. The van der Waals surface area contributed by atoms with Gasteiger partial charge in [-0.15, -0.1) is 0 Å². The summed E-state index contributed by atoms with van der Waals surface area (Å²) >= 11 is 0. The summed E-state index contributed by atoms with van der Waals surface area (Å²) < 4.78 is 0. The summed E-state index contributed by atoms with van der Waals surface area (Å²) in [5, 5.41) is 0. The van der Waals surface area contributed by atoms with E-state index in [1.807, 2.05) is 0 Å². The summed E-state index contributed by atoms with van der Waals surface area (Å²) in [5.74, 6) is 0.609. The Labute approximate surface area is 207 Å². The largest absolute Gasteiger partial charge is 0.358 e. The van der Waals surface area contributed by atoms with Crippen LogP contribution in [0.15, 0.2) is 71.9 Å². The van der Waals surface area contributed by atoms with Crippen LogP contribution < -0.4 is 0 Å². The van der Waals surface area contributed by atoms with Crippen LogP contribution in [0.4, 0.5) is 0 Å². The first-order valence-corrected chi connectivity index (χ1v) is 14.0. The van der Waals surface area contributed by atoms with Gasteiger partial charge in [0.2, 0.25) is 0 Å². The average molecular weight is 455 g/mol. The fraction of sp³-hybridized carbons (Fsp3) is 0.531. The zero-order valence-electron chi connectivity index (χ0n) is 20.9. The van der Waals surface area contributed by atoms with Gasteiger partial charge in [0.25, 0.3) is 0 Å². The SMILES string of the molecule is C1=NC(c2ccccc2)=CN(C2CCCCCCC2)[C@@]1(c1ccccc1)C1CCCCCCC1. The maximum Gasteiger partial charge on any atom is 0.103 e. The smallest absolute Gasteiger partial charge is 0.103 e. The molecule has 0 amide bonds. The maximum atomic E-state index is 5.24. The van der Waals surface area contributed by atoms with E-state index < -0.39 is 0 Å². The minimum Gasteiger partial charge on any atom is -0.358 e. The second-order valence-electron chi connectivity index (χ2n) is 10.8. The molecule has 180 valence electrons. The lowest BCUT2D eigenvalue weighted by Gasteiger charge is -2.52. The summed E-state index contributed by atoms with van der Waals surface area (Å²) in [4.78, 5) is 8.07. The van der Waals surface area contributed by atoms with Crippen LogP contribution in [0.25, 0.3) is 5.70 Å². The van der Waals surface area contributed by atoms with Crippen LogP contribution in [0.2, 0.25) is 0 Å².